The van der Waals surface area contributed by atoms with E-state index >= 15 is 0 Å². The van der Waals surface area contributed by atoms with Gasteiger partial charge in [-0.2, -0.15) is 0 Å². The molecule has 0 radical (unpaired) electrons. The van der Waals surface area contributed by atoms with Gasteiger partial charge < -0.3 is 14.5 Å². The van der Waals surface area contributed by atoms with Crippen molar-refractivity contribution in [2.75, 3.05) is 19.6 Å². The van der Waals surface area contributed by atoms with Crippen LogP contribution >= 0.6 is 0 Å². The number of benzene rings is 1. The van der Waals surface area contributed by atoms with E-state index in [1.54, 1.807) is 4.90 Å². The van der Waals surface area contributed by atoms with E-state index in [2.05, 4.69) is 27.6 Å². The fraction of sp³-hybridized carbons (Fsp3) is 0.571. The Hall–Kier alpha value is -2.41. The lowest BCUT2D eigenvalue weighted by Gasteiger charge is -2.40. The number of piperidine rings is 1. The van der Waals surface area contributed by atoms with Crippen LogP contribution in [0.15, 0.2) is 34.7 Å². The first-order valence-corrected chi connectivity index (χ1v) is 10.0. The minimum Gasteiger partial charge on any atom is -0.444 e. The number of carbonyl (C=O) groups excluding carboxylic acids is 1. The molecule has 1 aromatic heterocycles. The van der Waals surface area contributed by atoms with E-state index in [0.717, 1.165) is 25.9 Å². The number of nitrogens with one attached hydrogen (secondary N) is 1. The Kier molecular flexibility index (Phi) is 5.10. The number of hydrogen-bond donors (Lipinski definition) is 1. The molecule has 150 valence electrons. The minimum absolute atomic E-state index is 0.0929. The molecule has 7 nitrogen and oxygen atoms in total. The highest BCUT2D eigenvalue weighted by Crippen LogP contribution is 2.43. The summed E-state index contributed by atoms with van der Waals surface area (Å²) >= 11 is 0. The quantitative estimate of drug-likeness (QED) is 0.871. The van der Waals surface area contributed by atoms with Crippen LogP contribution in [0.25, 0.3) is 0 Å². The molecule has 0 saturated carbocycles. The van der Waals surface area contributed by atoms with Crippen molar-refractivity contribution in [2.24, 2.45) is 0 Å². The first-order valence-electron chi connectivity index (χ1n) is 10.0. The second-order valence-electron chi connectivity index (χ2n) is 8.61. The van der Waals surface area contributed by atoms with E-state index < -0.39 is 5.60 Å². The van der Waals surface area contributed by atoms with Gasteiger partial charge in [-0.1, -0.05) is 30.3 Å². The molecule has 0 aliphatic carbocycles. The Labute approximate surface area is 165 Å². The van der Waals surface area contributed by atoms with Crippen LogP contribution in [0.1, 0.15) is 68.8 Å². The average Bonchev–Trinajstić information content (AvgIpc) is 3.08. The van der Waals surface area contributed by atoms with Gasteiger partial charge in [0.05, 0.1) is 5.92 Å². The van der Waals surface area contributed by atoms with Crippen molar-refractivity contribution in [3.63, 3.8) is 0 Å². The van der Waals surface area contributed by atoms with Crippen molar-refractivity contribution in [2.45, 2.75) is 57.1 Å². The summed E-state index contributed by atoms with van der Waals surface area (Å²) in [5, 5.41) is 11.9. The molecule has 4 rings (SSSR count). The van der Waals surface area contributed by atoms with Crippen LogP contribution in [0.5, 0.6) is 0 Å². The molecule has 2 aliphatic rings. The van der Waals surface area contributed by atoms with E-state index in [-0.39, 0.29) is 24.0 Å². The van der Waals surface area contributed by atoms with Gasteiger partial charge in [-0.25, -0.2) is 4.79 Å². The molecule has 2 saturated heterocycles. The Morgan fingerprint density at radius 1 is 1.18 bits per heavy atom. The third-order valence-corrected chi connectivity index (χ3v) is 5.33. The van der Waals surface area contributed by atoms with E-state index in [9.17, 15) is 4.79 Å². The standard InChI is InChI=1S/C21H28N4O3/c1-21(2,3)28-20(26)25-11-7-10-16(14-8-5-4-6-9-14)17(25)19-24-23-18(27-19)15-12-22-13-15/h4-6,8-9,15-17,22H,7,10-13H2,1-3H3. The molecule has 2 atom stereocenters. The molecule has 0 bridgehead atoms. The smallest absolute Gasteiger partial charge is 0.410 e. The molecule has 2 aliphatic heterocycles. The zero-order valence-electron chi connectivity index (χ0n) is 16.7. The average molecular weight is 384 g/mol. The fourth-order valence-electron chi connectivity index (χ4n) is 3.87. The zero-order chi connectivity index (χ0) is 19.7. The van der Waals surface area contributed by atoms with Gasteiger partial charge in [0.25, 0.3) is 0 Å². The normalized spacial score (nSPS) is 23.3. The molecular formula is C21H28N4O3. The van der Waals surface area contributed by atoms with Gasteiger partial charge in [0.2, 0.25) is 11.8 Å². The molecule has 1 aromatic carbocycles. The molecule has 0 spiro atoms. The summed E-state index contributed by atoms with van der Waals surface area (Å²) in [6.45, 7) is 7.97. The maximum absolute atomic E-state index is 13.0. The number of carbonyl (C=O) groups is 1. The lowest BCUT2D eigenvalue weighted by molar-refractivity contribution is 0.00182. The molecule has 2 unspecified atom stereocenters. The van der Waals surface area contributed by atoms with Crippen molar-refractivity contribution in [1.29, 1.82) is 0 Å². The Morgan fingerprint density at radius 3 is 2.54 bits per heavy atom. The van der Waals surface area contributed by atoms with Crippen molar-refractivity contribution in [3.05, 3.63) is 47.7 Å². The predicted molar refractivity (Wildman–Crippen MR) is 104 cm³/mol. The maximum Gasteiger partial charge on any atom is 0.410 e. The van der Waals surface area contributed by atoms with Gasteiger partial charge in [-0.15, -0.1) is 10.2 Å². The second-order valence-corrected chi connectivity index (χ2v) is 8.61. The van der Waals surface area contributed by atoms with Gasteiger partial charge in [0, 0.05) is 25.6 Å². The van der Waals surface area contributed by atoms with Gasteiger partial charge >= 0.3 is 6.09 Å². The van der Waals surface area contributed by atoms with E-state index in [0.29, 0.717) is 18.3 Å². The fourth-order valence-corrected chi connectivity index (χ4v) is 3.87. The number of likely N-dealkylation sites (tertiary alicyclic amines) is 1. The van der Waals surface area contributed by atoms with Crippen molar-refractivity contribution in [3.8, 4) is 0 Å². The number of nitrogens with zero attached hydrogens (tertiary/aromatic N) is 3. The first kappa shape index (κ1) is 18.9. The van der Waals surface area contributed by atoms with Crippen LogP contribution in [0.3, 0.4) is 0 Å². The number of amides is 1. The van der Waals surface area contributed by atoms with Crippen LogP contribution < -0.4 is 5.32 Å². The zero-order valence-corrected chi connectivity index (χ0v) is 16.7. The lowest BCUT2D eigenvalue weighted by atomic mass is 9.83. The first-order chi connectivity index (χ1) is 13.4. The monoisotopic (exact) mass is 384 g/mol. The topological polar surface area (TPSA) is 80.5 Å². The lowest BCUT2D eigenvalue weighted by Crippen LogP contribution is -2.44. The maximum atomic E-state index is 13.0. The summed E-state index contributed by atoms with van der Waals surface area (Å²) < 4.78 is 11.8. The number of aromatic nitrogens is 2. The van der Waals surface area contributed by atoms with Gasteiger partial charge in [0.15, 0.2) is 0 Å². The summed E-state index contributed by atoms with van der Waals surface area (Å²) in [5.74, 6) is 1.50. The highest BCUT2D eigenvalue weighted by atomic mass is 16.6. The Morgan fingerprint density at radius 2 is 1.89 bits per heavy atom. The molecule has 7 heteroatoms. The number of hydrogen-bond acceptors (Lipinski definition) is 6. The largest absolute Gasteiger partial charge is 0.444 e. The molecule has 28 heavy (non-hydrogen) atoms. The van der Waals surface area contributed by atoms with Crippen molar-refractivity contribution in [1.82, 2.24) is 20.4 Å². The Bertz CT molecular complexity index is 811. The molecule has 1 amide bonds. The number of ether oxygens (including phenoxy) is 1. The highest BCUT2D eigenvalue weighted by molar-refractivity contribution is 5.69. The molecule has 2 aromatic rings. The molecular weight excluding hydrogens is 356 g/mol. The highest BCUT2D eigenvalue weighted by Gasteiger charge is 2.42. The summed E-state index contributed by atoms with van der Waals surface area (Å²) in [7, 11) is 0. The molecule has 1 N–H and O–H groups in total. The van der Waals surface area contributed by atoms with E-state index in [1.165, 1.54) is 5.56 Å². The van der Waals surface area contributed by atoms with Crippen LogP contribution in [0.2, 0.25) is 0 Å². The SMILES string of the molecule is CC(C)(C)OC(=O)N1CCCC(c2ccccc2)C1c1nnc(C2CNC2)o1. The summed E-state index contributed by atoms with van der Waals surface area (Å²) in [4.78, 5) is 14.8. The minimum atomic E-state index is -0.557. The van der Waals surface area contributed by atoms with Crippen LogP contribution in [-0.2, 0) is 4.74 Å². The van der Waals surface area contributed by atoms with Gasteiger partial charge in [-0.3, -0.25) is 4.90 Å². The van der Waals surface area contributed by atoms with Crippen LogP contribution in [0, 0.1) is 0 Å². The van der Waals surface area contributed by atoms with Crippen molar-refractivity contribution >= 4 is 6.09 Å². The molecule has 2 fully saturated rings. The van der Waals surface area contributed by atoms with Crippen LogP contribution in [-0.4, -0.2) is 46.4 Å². The summed E-state index contributed by atoms with van der Waals surface area (Å²) in [6.07, 6.45) is 1.53. The van der Waals surface area contributed by atoms with E-state index in [4.69, 9.17) is 9.15 Å². The summed E-state index contributed by atoms with van der Waals surface area (Å²) in [5.41, 5.74) is 0.615. The summed E-state index contributed by atoms with van der Waals surface area (Å²) in [6, 6.07) is 9.94. The molecule has 3 heterocycles. The predicted octanol–water partition coefficient (Wildman–Crippen LogP) is 3.61. The van der Waals surface area contributed by atoms with Crippen molar-refractivity contribution < 1.29 is 13.9 Å². The third-order valence-electron chi connectivity index (χ3n) is 5.33. The van der Waals surface area contributed by atoms with Gasteiger partial charge in [-0.05, 0) is 39.2 Å². The van der Waals surface area contributed by atoms with Gasteiger partial charge in [0.1, 0.15) is 11.6 Å². The van der Waals surface area contributed by atoms with Crippen LogP contribution in [0.4, 0.5) is 4.79 Å². The third kappa shape index (κ3) is 3.90. The second kappa shape index (κ2) is 7.54. The Balaban J connectivity index is 1.68. The van der Waals surface area contributed by atoms with E-state index in [1.807, 2.05) is 39.0 Å². The number of rotatable bonds is 3.